The summed E-state index contributed by atoms with van der Waals surface area (Å²) in [5, 5.41) is 5.78. The van der Waals surface area contributed by atoms with Gasteiger partial charge in [-0.2, -0.15) is 0 Å². The molecule has 2 atom stereocenters. The normalized spacial score (nSPS) is 20.1. The molecular weight excluding hydrogens is 518 g/mol. The van der Waals surface area contributed by atoms with Crippen LogP contribution >= 0.6 is 0 Å². The Labute approximate surface area is 241 Å². The number of benzene rings is 2. The van der Waals surface area contributed by atoms with Crippen LogP contribution in [0.4, 0.5) is 22.0 Å². The number of hydrogen-bond donors (Lipinski definition) is 2. The fourth-order valence-electron chi connectivity index (χ4n) is 5.69. The fraction of sp³-hybridized carbons (Fsp3) is 0.452. The Hall–Kier alpha value is -3.73. The summed E-state index contributed by atoms with van der Waals surface area (Å²) in [7, 11) is 6.17. The van der Waals surface area contributed by atoms with Crippen molar-refractivity contribution in [2.75, 3.05) is 69.5 Å². The van der Waals surface area contributed by atoms with E-state index in [1.807, 2.05) is 62.6 Å². The summed E-state index contributed by atoms with van der Waals surface area (Å²) < 4.78 is 11.8. The maximum atomic E-state index is 12.6. The van der Waals surface area contributed by atoms with Crippen molar-refractivity contribution < 1.29 is 14.3 Å². The molecule has 41 heavy (non-hydrogen) atoms. The Kier molecular flexibility index (Phi) is 8.04. The van der Waals surface area contributed by atoms with E-state index in [-0.39, 0.29) is 6.03 Å². The van der Waals surface area contributed by atoms with Gasteiger partial charge in [0.2, 0.25) is 0 Å². The Balaban J connectivity index is 1.12. The molecule has 0 spiro atoms. The van der Waals surface area contributed by atoms with Crippen molar-refractivity contribution in [2.45, 2.75) is 38.0 Å². The second-order valence-electron chi connectivity index (χ2n) is 11.5. The summed E-state index contributed by atoms with van der Waals surface area (Å²) in [5.41, 5.74) is 4.69. The highest BCUT2D eigenvalue weighted by Gasteiger charge is 2.36. The second-order valence-corrected chi connectivity index (χ2v) is 11.5. The minimum Gasteiger partial charge on any atom is -0.492 e. The molecule has 2 saturated heterocycles. The quantitative estimate of drug-likeness (QED) is 0.428. The molecular formula is C31H39N7O3. The zero-order valence-corrected chi connectivity index (χ0v) is 24.1. The summed E-state index contributed by atoms with van der Waals surface area (Å²) in [6, 6.07) is 14.8. The third-order valence-electron chi connectivity index (χ3n) is 7.89. The van der Waals surface area contributed by atoms with Crippen molar-refractivity contribution in [1.82, 2.24) is 19.8 Å². The SMILES string of the molecule is CN(C)CCOc1ccc(NC(=O)Nc2ccc(-c3nc4c(c(N5CC6CCC(C5)O6)n3)CN(C)CC4)cc2)cc1. The number of aromatic nitrogens is 2. The Morgan fingerprint density at radius 1 is 1.00 bits per heavy atom. The molecule has 216 valence electrons. The number of urea groups is 1. The average Bonchev–Trinajstić information content (AvgIpc) is 3.30. The van der Waals surface area contributed by atoms with Crippen LogP contribution in [0.3, 0.4) is 0 Å². The summed E-state index contributed by atoms with van der Waals surface area (Å²) in [4.78, 5) is 29.6. The van der Waals surface area contributed by atoms with Crippen LogP contribution in [0.1, 0.15) is 24.1 Å². The van der Waals surface area contributed by atoms with E-state index in [9.17, 15) is 4.79 Å². The number of hydrogen-bond acceptors (Lipinski definition) is 8. The van der Waals surface area contributed by atoms with Crippen LogP contribution in [0, 0.1) is 0 Å². The zero-order valence-electron chi connectivity index (χ0n) is 24.1. The number of fused-ring (bicyclic) bond motifs is 3. The number of rotatable bonds is 8. The first-order chi connectivity index (χ1) is 19.9. The maximum Gasteiger partial charge on any atom is 0.323 e. The summed E-state index contributed by atoms with van der Waals surface area (Å²) in [6.45, 7) is 5.07. The Morgan fingerprint density at radius 3 is 2.32 bits per heavy atom. The predicted molar refractivity (Wildman–Crippen MR) is 161 cm³/mol. The highest BCUT2D eigenvalue weighted by atomic mass is 16.5. The molecule has 2 N–H and O–H groups in total. The highest BCUT2D eigenvalue weighted by molar-refractivity contribution is 5.99. The van der Waals surface area contributed by atoms with E-state index in [0.29, 0.717) is 30.2 Å². The Morgan fingerprint density at radius 2 is 1.66 bits per heavy atom. The van der Waals surface area contributed by atoms with Crippen molar-refractivity contribution in [3.05, 3.63) is 59.8 Å². The van der Waals surface area contributed by atoms with E-state index in [2.05, 4.69) is 32.4 Å². The van der Waals surface area contributed by atoms with Crippen molar-refractivity contribution in [3.8, 4) is 17.1 Å². The van der Waals surface area contributed by atoms with Gasteiger partial charge in [-0.15, -0.1) is 0 Å². The van der Waals surface area contributed by atoms with Crippen LogP contribution in [-0.2, 0) is 17.7 Å². The molecule has 3 aromatic rings. The first-order valence-electron chi connectivity index (χ1n) is 14.4. The number of nitrogens with zero attached hydrogens (tertiary/aromatic N) is 5. The number of anilines is 3. The molecule has 0 radical (unpaired) electrons. The lowest BCUT2D eigenvalue weighted by molar-refractivity contribution is 0.0301. The number of morpholine rings is 1. The Bertz CT molecular complexity index is 1350. The van der Waals surface area contributed by atoms with Crippen LogP contribution in [0.15, 0.2) is 48.5 Å². The molecule has 6 rings (SSSR count). The molecule has 10 nitrogen and oxygen atoms in total. The lowest BCUT2D eigenvalue weighted by atomic mass is 10.0. The molecule has 0 saturated carbocycles. The van der Waals surface area contributed by atoms with Gasteiger partial charge in [0.05, 0.1) is 17.9 Å². The third kappa shape index (κ3) is 6.61. The minimum atomic E-state index is -0.308. The van der Waals surface area contributed by atoms with Gasteiger partial charge < -0.3 is 34.8 Å². The van der Waals surface area contributed by atoms with E-state index in [0.717, 1.165) is 80.6 Å². The lowest BCUT2D eigenvalue weighted by Crippen LogP contribution is -2.44. The minimum absolute atomic E-state index is 0.292. The topological polar surface area (TPSA) is 95.1 Å². The molecule has 0 aliphatic carbocycles. The monoisotopic (exact) mass is 557 g/mol. The first-order valence-corrected chi connectivity index (χ1v) is 14.4. The summed E-state index contributed by atoms with van der Waals surface area (Å²) >= 11 is 0. The fourth-order valence-corrected chi connectivity index (χ4v) is 5.69. The van der Waals surface area contributed by atoms with Gasteiger partial charge in [-0.3, -0.25) is 0 Å². The van der Waals surface area contributed by atoms with E-state index in [1.165, 1.54) is 5.56 Å². The molecule has 4 heterocycles. The third-order valence-corrected chi connectivity index (χ3v) is 7.89. The first kappa shape index (κ1) is 27.4. The van der Waals surface area contributed by atoms with Gasteiger partial charge in [0, 0.05) is 61.6 Å². The van der Waals surface area contributed by atoms with Gasteiger partial charge in [-0.05, 0) is 82.5 Å². The van der Waals surface area contributed by atoms with E-state index < -0.39 is 0 Å². The van der Waals surface area contributed by atoms with Crippen LogP contribution in [0.2, 0.25) is 0 Å². The molecule has 10 heteroatoms. The second kappa shape index (κ2) is 12.0. The molecule has 1 aromatic heterocycles. The zero-order chi connectivity index (χ0) is 28.3. The highest BCUT2D eigenvalue weighted by Crippen LogP contribution is 2.34. The summed E-state index contributed by atoms with van der Waals surface area (Å²) in [5.74, 6) is 2.55. The number of carbonyl (C=O) groups is 1. The number of likely N-dealkylation sites (N-methyl/N-ethyl adjacent to an activating group) is 2. The van der Waals surface area contributed by atoms with Gasteiger partial charge in [-0.25, -0.2) is 14.8 Å². The average molecular weight is 558 g/mol. The molecule has 2 aromatic carbocycles. The molecule has 2 bridgehead atoms. The summed E-state index contributed by atoms with van der Waals surface area (Å²) in [6.07, 6.45) is 3.74. The number of carbonyl (C=O) groups excluding carboxylic acids is 1. The molecule has 3 aliphatic rings. The molecule has 3 aliphatic heterocycles. The van der Waals surface area contributed by atoms with Crippen molar-refractivity contribution in [1.29, 1.82) is 0 Å². The molecule has 2 unspecified atom stereocenters. The lowest BCUT2D eigenvalue weighted by Gasteiger charge is -2.36. The van der Waals surface area contributed by atoms with Crippen molar-refractivity contribution in [2.24, 2.45) is 0 Å². The largest absolute Gasteiger partial charge is 0.492 e. The maximum absolute atomic E-state index is 12.6. The van der Waals surface area contributed by atoms with E-state index >= 15 is 0 Å². The van der Waals surface area contributed by atoms with Crippen LogP contribution < -0.4 is 20.3 Å². The van der Waals surface area contributed by atoms with Gasteiger partial charge in [0.1, 0.15) is 18.2 Å². The van der Waals surface area contributed by atoms with Crippen LogP contribution in [0.25, 0.3) is 11.4 Å². The number of amides is 2. The van der Waals surface area contributed by atoms with Gasteiger partial charge in [-0.1, -0.05) is 0 Å². The predicted octanol–water partition coefficient (Wildman–Crippen LogP) is 4.08. The van der Waals surface area contributed by atoms with Crippen molar-refractivity contribution in [3.63, 3.8) is 0 Å². The smallest absolute Gasteiger partial charge is 0.323 e. The molecule has 2 amide bonds. The van der Waals surface area contributed by atoms with E-state index in [1.54, 1.807) is 0 Å². The van der Waals surface area contributed by atoms with E-state index in [4.69, 9.17) is 19.4 Å². The molecule has 2 fully saturated rings. The van der Waals surface area contributed by atoms with Crippen LogP contribution in [0.5, 0.6) is 5.75 Å². The van der Waals surface area contributed by atoms with Gasteiger partial charge >= 0.3 is 6.03 Å². The number of ether oxygens (including phenoxy) is 2. The van der Waals surface area contributed by atoms with Crippen molar-refractivity contribution >= 4 is 23.2 Å². The van der Waals surface area contributed by atoms with Crippen LogP contribution in [-0.4, -0.2) is 91.9 Å². The standard InChI is InChI=1S/C31H39N7O3/c1-36(2)16-17-40-24-10-8-23(9-11-24)33-31(39)32-22-6-4-21(5-7-22)29-34-28-14-15-37(3)20-27(28)30(35-29)38-18-25-12-13-26(19-38)41-25/h4-11,25-26H,12-20H2,1-3H3,(H2,32,33,39). The van der Waals surface area contributed by atoms with Gasteiger partial charge in [0.15, 0.2) is 5.82 Å². The van der Waals surface area contributed by atoms with Gasteiger partial charge in [0.25, 0.3) is 0 Å². The number of nitrogens with one attached hydrogen (secondary N) is 2.